The topological polar surface area (TPSA) is 94.8 Å². The predicted molar refractivity (Wildman–Crippen MR) is 110 cm³/mol. The van der Waals surface area contributed by atoms with Gasteiger partial charge in [0.1, 0.15) is 22.2 Å². The van der Waals surface area contributed by atoms with Crippen molar-refractivity contribution in [1.29, 1.82) is 0 Å². The molecule has 2 heterocycles. The van der Waals surface area contributed by atoms with Crippen molar-refractivity contribution in [3.63, 3.8) is 0 Å². The molecule has 0 aliphatic carbocycles. The van der Waals surface area contributed by atoms with Gasteiger partial charge in [-0.1, -0.05) is 11.2 Å². The number of methoxy groups -OCH3 is 2. The van der Waals surface area contributed by atoms with Crippen LogP contribution in [-0.2, 0) is 10.0 Å². The molecule has 0 atom stereocenters. The van der Waals surface area contributed by atoms with Crippen molar-refractivity contribution in [3.8, 4) is 23.0 Å². The molecule has 1 aromatic heterocycles. The smallest absolute Gasteiger partial charge is 0.258 e. The highest BCUT2D eigenvalue weighted by Gasteiger charge is 2.33. The van der Waals surface area contributed by atoms with E-state index in [9.17, 15) is 12.8 Å². The number of ether oxygens (including phenoxy) is 2. The van der Waals surface area contributed by atoms with E-state index >= 15 is 0 Å². The molecule has 1 aliphatic rings. The number of rotatable bonds is 6. The molecule has 1 fully saturated rings. The third-order valence-corrected chi connectivity index (χ3v) is 7.24. The Balaban J connectivity index is 1.49. The van der Waals surface area contributed by atoms with Gasteiger partial charge in [-0.2, -0.15) is 9.29 Å². The molecular formula is C21H22FN3O5S. The fourth-order valence-corrected chi connectivity index (χ4v) is 5.26. The van der Waals surface area contributed by atoms with Crippen LogP contribution in [0.1, 0.15) is 24.6 Å². The van der Waals surface area contributed by atoms with Gasteiger partial charge in [-0.15, -0.1) is 0 Å². The molecule has 0 saturated carbocycles. The SMILES string of the molecule is COc1ccc(OC)c(S(=O)(=O)N2CCC(c3noc(-c4cccc(F)c4)n3)CC2)c1. The summed E-state index contributed by atoms with van der Waals surface area (Å²) in [6.45, 7) is 0.606. The lowest BCUT2D eigenvalue weighted by molar-refractivity contribution is 0.305. The predicted octanol–water partition coefficient (Wildman–Crippen LogP) is 3.46. The number of halogens is 1. The van der Waals surface area contributed by atoms with Crippen LogP contribution in [-0.4, -0.2) is 50.2 Å². The highest BCUT2D eigenvalue weighted by Crippen LogP contribution is 2.34. The minimum absolute atomic E-state index is 0.0512. The van der Waals surface area contributed by atoms with Gasteiger partial charge in [-0.25, -0.2) is 12.8 Å². The fourth-order valence-electron chi connectivity index (χ4n) is 3.62. The molecule has 8 nitrogen and oxygen atoms in total. The van der Waals surface area contributed by atoms with Gasteiger partial charge in [0.25, 0.3) is 5.89 Å². The first-order chi connectivity index (χ1) is 14.9. The van der Waals surface area contributed by atoms with Gasteiger partial charge in [-0.3, -0.25) is 0 Å². The minimum atomic E-state index is -3.76. The number of hydrogen-bond donors (Lipinski definition) is 0. The molecule has 1 aliphatic heterocycles. The van der Waals surface area contributed by atoms with Crippen molar-refractivity contribution < 1.29 is 26.8 Å². The fraction of sp³-hybridized carbons (Fsp3) is 0.333. The van der Waals surface area contributed by atoms with E-state index in [1.54, 1.807) is 24.3 Å². The number of nitrogens with zero attached hydrogens (tertiary/aromatic N) is 3. The van der Waals surface area contributed by atoms with Crippen LogP contribution in [0.3, 0.4) is 0 Å². The average Bonchev–Trinajstić information content (AvgIpc) is 3.29. The van der Waals surface area contributed by atoms with Crippen molar-refractivity contribution in [2.75, 3.05) is 27.3 Å². The Morgan fingerprint density at radius 2 is 1.87 bits per heavy atom. The van der Waals surface area contributed by atoms with Crippen LogP contribution in [0.2, 0.25) is 0 Å². The van der Waals surface area contributed by atoms with E-state index in [4.69, 9.17) is 14.0 Å². The van der Waals surface area contributed by atoms with E-state index in [-0.39, 0.29) is 28.3 Å². The minimum Gasteiger partial charge on any atom is -0.497 e. The molecule has 2 aromatic carbocycles. The van der Waals surface area contributed by atoms with Crippen LogP contribution < -0.4 is 9.47 Å². The maximum Gasteiger partial charge on any atom is 0.258 e. The largest absolute Gasteiger partial charge is 0.497 e. The molecule has 0 radical (unpaired) electrons. The Morgan fingerprint density at radius 1 is 1.10 bits per heavy atom. The summed E-state index contributed by atoms with van der Waals surface area (Å²) in [6.07, 6.45) is 1.07. The van der Waals surface area contributed by atoms with Gasteiger partial charge >= 0.3 is 0 Å². The van der Waals surface area contributed by atoms with Crippen molar-refractivity contribution in [2.45, 2.75) is 23.7 Å². The second-order valence-corrected chi connectivity index (χ2v) is 9.07. The summed E-state index contributed by atoms with van der Waals surface area (Å²) >= 11 is 0. The van der Waals surface area contributed by atoms with Crippen LogP contribution >= 0.6 is 0 Å². The van der Waals surface area contributed by atoms with Gasteiger partial charge < -0.3 is 14.0 Å². The summed E-state index contributed by atoms with van der Waals surface area (Å²) in [5, 5.41) is 4.03. The van der Waals surface area contributed by atoms with E-state index in [2.05, 4.69) is 10.1 Å². The van der Waals surface area contributed by atoms with E-state index in [1.807, 2.05) is 0 Å². The summed E-state index contributed by atoms with van der Waals surface area (Å²) < 4.78 is 57.0. The molecule has 31 heavy (non-hydrogen) atoms. The lowest BCUT2D eigenvalue weighted by atomic mass is 9.97. The second-order valence-electron chi connectivity index (χ2n) is 7.16. The summed E-state index contributed by atoms with van der Waals surface area (Å²) in [5.41, 5.74) is 0.504. The van der Waals surface area contributed by atoms with Gasteiger partial charge in [0.15, 0.2) is 5.82 Å². The summed E-state index contributed by atoms with van der Waals surface area (Å²) in [6, 6.07) is 10.6. The van der Waals surface area contributed by atoms with Crippen LogP contribution in [0.5, 0.6) is 11.5 Å². The highest BCUT2D eigenvalue weighted by atomic mass is 32.2. The molecule has 4 rings (SSSR count). The molecular weight excluding hydrogens is 425 g/mol. The van der Waals surface area contributed by atoms with E-state index in [0.29, 0.717) is 43.1 Å². The highest BCUT2D eigenvalue weighted by molar-refractivity contribution is 7.89. The lowest BCUT2D eigenvalue weighted by Gasteiger charge is -2.30. The Morgan fingerprint density at radius 3 is 2.55 bits per heavy atom. The third-order valence-electron chi connectivity index (χ3n) is 5.32. The summed E-state index contributed by atoms with van der Waals surface area (Å²) in [7, 11) is -0.854. The molecule has 10 heteroatoms. The number of benzene rings is 2. The second kappa shape index (κ2) is 8.64. The molecule has 0 amide bonds. The zero-order valence-electron chi connectivity index (χ0n) is 17.1. The first-order valence-corrected chi connectivity index (χ1v) is 11.2. The van der Waals surface area contributed by atoms with Gasteiger partial charge in [0, 0.05) is 30.6 Å². The van der Waals surface area contributed by atoms with Crippen molar-refractivity contribution >= 4 is 10.0 Å². The zero-order valence-corrected chi connectivity index (χ0v) is 17.9. The monoisotopic (exact) mass is 447 g/mol. The Labute approximate surface area is 179 Å². The quantitative estimate of drug-likeness (QED) is 0.571. The van der Waals surface area contributed by atoms with Crippen molar-refractivity contribution in [1.82, 2.24) is 14.4 Å². The van der Waals surface area contributed by atoms with E-state index in [1.165, 1.54) is 36.7 Å². The van der Waals surface area contributed by atoms with Gasteiger partial charge in [0.2, 0.25) is 10.0 Å². The normalized spacial score (nSPS) is 15.7. The van der Waals surface area contributed by atoms with Gasteiger partial charge in [0.05, 0.1) is 14.2 Å². The van der Waals surface area contributed by atoms with E-state index < -0.39 is 10.0 Å². The van der Waals surface area contributed by atoms with Gasteiger partial charge in [-0.05, 0) is 43.2 Å². The number of aromatic nitrogens is 2. The van der Waals surface area contributed by atoms with Crippen molar-refractivity contribution in [2.24, 2.45) is 0 Å². The maximum atomic E-state index is 13.4. The average molecular weight is 447 g/mol. The molecule has 0 spiro atoms. The maximum absolute atomic E-state index is 13.4. The molecule has 1 saturated heterocycles. The Hall–Kier alpha value is -2.98. The van der Waals surface area contributed by atoms with Crippen LogP contribution in [0.4, 0.5) is 4.39 Å². The number of piperidine rings is 1. The Bertz CT molecular complexity index is 1170. The standard InChI is InChI=1S/C21H22FN3O5S/c1-28-17-6-7-18(29-2)19(13-17)31(26,27)25-10-8-14(9-11-25)20-23-21(30-24-20)15-4-3-5-16(22)12-15/h3-7,12-14H,8-11H2,1-2H3. The molecule has 0 N–H and O–H groups in total. The number of hydrogen-bond acceptors (Lipinski definition) is 7. The van der Waals surface area contributed by atoms with E-state index in [0.717, 1.165) is 0 Å². The summed E-state index contributed by atoms with van der Waals surface area (Å²) in [5.74, 6) is 1.00. The summed E-state index contributed by atoms with van der Waals surface area (Å²) in [4.78, 5) is 4.46. The van der Waals surface area contributed by atoms with Crippen molar-refractivity contribution in [3.05, 3.63) is 54.1 Å². The zero-order chi connectivity index (χ0) is 22.0. The van der Waals surface area contributed by atoms with Crippen LogP contribution in [0, 0.1) is 5.82 Å². The first-order valence-electron chi connectivity index (χ1n) is 9.74. The van der Waals surface area contributed by atoms with Crippen LogP contribution in [0.15, 0.2) is 51.9 Å². The lowest BCUT2D eigenvalue weighted by Crippen LogP contribution is -2.38. The first kappa shape index (κ1) is 21.3. The molecule has 164 valence electrons. The molecule has 3 aromatic rings. The Kier molecular flexibility index (Phi) is 5.92. The van der Waals surface area contributed by atoms with Crippen LogP contribution in [0.25, 0.3) is 11.5 Å². The number of sulfonamides is 1. The third kappa shape index (κ3) is 4.26. The molecule has 0 unspecified atom stereocenters. The molecule has 0 bridgehead atoms.